The Morgan fingerprint density at radius 2 is 1.55 bits per heavy atom. The number of ether oxygens (including phenoxy) is 2. The lowest BCUT2D eigenvalue weighted by atomic mass is 9.49. The van der Waals surface area contributed by atoms with Gasteiger partial charge in [0.1, 0.15) is 11.5 Å². The highest BCUT2D eigenvalue weighted by atomic mass is 16.5. The second kappa shape index (κ2) is 5.35. The molecule has 1 saturated carbocycles. The van der Waals surface area contributed by atoms with Gasteiger partial charge in [-0.05, 0) is 42.0 Å². The molecular formula is C20H24O2. The van der Waals surface area contributed by atoms with Gasteiger partial charge in [-0.3, -0.25) is 0 Å². The van der Waals surface area contributed by atoms with Crippen LogP contribution in [0.1, 0.15) is 37.8 Å². The summed E-state index contributed by atoms with van der Waals surface area (Å²) in [4.78, 5) is 0. The summed E-state index contributed by atoms with van der Waals surface area (Å²) >= 11 is 0. The molecule has 0 heterocycles. The van der Waals surface area contributed by atoms with Crippen molar-refractivity contribution in [2.75, 3.05) is 14.2 Å². The Bertz CT molecular complexity index is 651. The largest absolute Gasteiger partial charge is 0.497 e. The molecule has 0 N–H and O–H groups in total. The number of hydrogen-bond acceptors (Lipinski definition) is 2. The lowest BCUT2D eigenvalue weighted by Crippen LogP contribution is -2.47. The van der Waals surface area contributed by atoms with Crippen LogP contribution in [0, 0.1) is 5.41 Å². The van der Waals surface area contributed by atoms with Crippen molar-refractivity contribution in [3.8, 4) is 11.5 Å². The molecule has 22 heavy (non-hydrogen) atoms. The Kier molecular flexibility index (Phi) is 3.64. The Morgan fingerprint density at radius 1 is 0.864 bits per heavy atom. The molecule has 2 aromatic carbocycles. The molecule has 1 aliphatic rings. The van der Waals surface area contributed by atoms with Crippen LogP contribution in [0.3, 0.4) is 0 Å². The summed E-state index contributed by atoms with van der Waals surface area (Å²) in [6, 6.07) is 16.9. The summed E-state index contributed by atoms with van der Waals surface area (Å²) < 4.78 is 11.1. The predicted octanol–water partition coefficient (Wildman–Crippen LogP) is 4.81. The molecule has 1 aliphatic carbocycles. The van der Waals surface area contributed by atoms with Crippen LogP contribution < -0.4 is 9.47 Å². The fraction of sp³-hybridized carbons (Fsp3) is 0.400. The maximum atomic E-state index is 5.66. The normalized spacial score (nSPS) is 18.4. The Labute approximate surface area is 133 Å². The van der Waals surface area contributed by atoms with E-state index < -0.39 is 0 Å². The number of methoxy groups -OCH3 is 2. The number of rotatable bonds is 4. The third-order valence-electron chi connectivity index (χ3n) is 4.81. The van der Waals surface area contributed by atoms with E-state index in [9.17, 15) is 0 Å². The van der Waals surface area contributed by atoms with E-state index in [1.165, 1.54) is 11.1 Å². The molecule has 0 spiro atoms. The van der Waals surface area contributed by atoms with Gasteiger partial charge < -0.3 is 9.47 Å². The van der Waals surface area contributed by atoms with E-state index in [1.807, 2.05) is 12.1 Å². The topological polar surface area (TPSA) is 18.5 Å². The highest BCUT2D eigenvalue weighted by Gasteiger charge is 2.52. The molecule has 2 nitrogen and oxygen atoms in total. The molecule has 0 aliphatic heterocycles. The Morgan fingerprint density at radius 3 is 2.09 bits per heavy atom. The van der Waals surface area contributed by atoms with Gasteiger partial charge in [0, 0.05) is 11.0 Å². The molecule has 0 aromatic heterocycles. The molecular weight excluding hydrogens is 272 g/mol. The first-order chi connectivity index (χ1) is 10.5. The van der Waals surface area contributed by atoms with Gasteiger partial charge in [-0.2, -0.15) is 0 Å². The van der Waals surface area contributed by atoms with Crippen molar-refractivity contribution >= 4 is 0 Å². The summed E-state index contributed by atoms with van der Waals surface area (Å²) in [5, 5.41) is 0. The third kappa shape index (κ3) is 2.37. The fourth-order valence-electron chi connectivity index (χ4n) is 4.08. The molecule has 2 aromatic rings. The SMILES string of the molecule is COc1ccc(OC)c(C2(c3ccccc3)CC(C)(C)C2)c1. The van der Waals surface area contributed by atoms with E-state index in [2.05, 4.69) is 50.2 Å². The molecule has 0 bridgehead atoms. The first kappa shape index (κ1) is 15.0. The van der Waals surface area contributed by atoms with Gasteiger partial charge >= 0.3 is 0 Å². The van der Waals surface area contributed by atoms with Crippen molar-refractivity contribution in [1.29, 1.82) is 0 Å². The lowest BCUT2D eigenvalue weighted by Gasteiger charge is -2.54. The zero-order chi connectivity index (χ0) is 15.8. The van der Waals surface area contributed by atoms with Gasteiger partial charge in [0.25, 0.3) is 0 Å². The van der Waals surface area contributed by atoms with Gasteiger partial charge in [-0.1, -0.05) is 44.2 Å². The maximum Gasteiger partial charge on any atom is 0.123 e. The molecule has 3 rings (SSSR count). The van der Waals surface area contributed by atoms with Crippen LogP contribution in [0.4, 0.5) is 0 Å². The maximum absolute atomic E-state index is 5.66. The van der Waals surface area contributed by atoms with Gasteiger partial charge in [-0.25, -0.2) is 0 Å². The fourth-order valence-corrected chi connectivity index (χ4v) is 4.08. The van der Waals surface area contributed by atoms with Gasteiger partial charge in [0.2, 0.25) is 0 Å². The van der Waals surface area contributed by atoms with E-state index in [-0.39, 0.29) is 5.41 Å². The molecule has 1 fully saturated rings. The van der Waals surface area contributed by atoms with Crippen molar-refractivity contribution in [3.63, 3.8) is 0 Å². The minimum absolute atomic E-state index is 0.0185. The summed E-state index contributed by atoms with van der Waals surface area (Å²) in [5.74, 6) is 1.83. The first-order valence-corrected chi connectivity index (χ1v) is 7.79. The second-order valence-electron chi connectivity index (χ2n) is 7.03. The Hall–Kier alpha value is -1.96. The van der Waals surface area contributed by atoms with Crippen molar-refractivity contribution in [1.82, 2.24) is 0 Å². The summed E-state index contributed by atoms with van der Waals surface area (Å²) in [5.41, 5.74) is 2.97. The van der Waals surface area contributed by atoms with Crippen LogP contribution in [0.15, 0.2) is 48.5 Å². The van der Waals surface area contributed by atoms with Crippen LogP contribution in [-0.2, 0) is 5.41 Å². The van der Waals surface area contributed by atoms with Crippen LogP contribution in [-0.4, -0.2) is 14.2 Å². The molecule has 0 atom stereocenters. The summed E-state index contributed by atoms with van der Waals surface area (Å²) in [6.07, 6.45) is 2.24. The van der Waals surface area contributed by atoms with E-state index in [0.717, 1.165) is 24.3 Å². The van der Waals surface area contributed by atoms with Crippen LogP contribution in [0.5, 0.6) is 11.5 Å². The number of benzene rings is 2. The lowest BCUT2D eigenvalue weighted by molar-refractivity contribution is 0.0859. The molecule has 2 heteroatoms. The van der Waals surface area contributed by atoms with Gasteiger partial charge in [0.05, 0.1) is 14.2 Å². The zero-order valence-electron chi connectivity index (χ0n) is 13.8. The third-order valence-corrected chi connectivity index (χ3v) is 4.81. The monoisotopic (exact) mass is 296 g/mol. The predicted molar refractivity (Wildman–Crippen MR) is 89.8 cm³/mol. The molecule has 0 amide bonds. The van der Waals surface area contributed by atoms with Crippen LogP contribution in [0.2, 0.25) is 0 Å². The van der Waals surface area contributed by atoms with Crippen molar-refractivity contribution in [2.24, 2.45) is 5.41 Å². The molecule has 0 radical (unpaired) electrons. The molecule has 0 unspecified atom stereocenters. The van der Waals surface area contributed by atoms with Crippen molar-refractivity contribution < 1.29 is 9.47 Å². The minimum atomic E-state index is 0.0185. The van der Waals surface area contributed by atoms with E-state index in [1.54, 1.807) is 14.2 Å². The standard InChI is InChI=1S/C20H24O2/c1-19(2)13-20(14-19,15-8-6-5-7-9-15)17-12-16(21-3)10-11-18(17)22-4/h5-12H,13-14H2,1-4H3. The highest BCUT2D eigenvalue weighted by molar-refractivity contribution is 5.52. The van der Waals surface area contributed by atoms with E-state index in [4.69, 9.17) is 9.47 Å². The van der Waals surface area contributed by atoms with E-state index >= 15 is 0 Å². The van der Waals surface area contributed by atoms with Crippen LogP contribution >= 0.6 is 0 Å². The Balaban J connectivity index is 2.16. The van der Waals surface area contributed by atoms with Gasteiger partial charge in [0.15, 0.2) is 0 Å². The second-order valence-corrected chi connectivity index (χ2v) is 7.03. The molecule has 116 valence electrons. The highest BCUT2D eigenvalue weighted by Crippen LogP contribution is 2.60. The minimum Gasteiger partial charge on any atom is -0.497 e. The molecule has 0 saturated heterocycles. The van der Waals surface area contributed by atoms with Crippen molar-refractivity contribution in [2.45, 2.75) is 32.1 Å². The van der Waals surface area contributed by atoms with Crippen molar-refractivity contribution in [3.05, 3.63) is 59.7 Å². The summed E-state index contributed by atoms with van der Waals surface area (Å²) in [6.45, 7) is 4.67. The van der Waals surface area contributed by atoms with Crippen LogP contribution in [0.25, 0.3) is 0 Å². The quantitative estimate of drug-likeness (QED) is 0.806. The zero-order valence-corrected chi connectivity index (χ0v) is 13.8. The van der Waals surface area contributed by atoms with E-state index in [0.29, 0.717) is 5.41 Å². The number of hydrogen-bond donors (Lipinski definition) is 0. The van der Waals surface area contributed by atoms with Gasteiger partial charge in [-0.15, -0.1) is 0 Å². The smallest absolute Gasteiger partial charge is 0.123 e. The summed E-state index contributed by atoms with van der Waals surface area (Å²) in [7, 11) is 3.46. The average molecular weight is 296 g/mol. The average Bonchev–Trinajstić information content (AvgIpc) is 2.52. The first-order valence-electron chi connectivity index (χ1n) is 7.79.